The molecule has 17 heavy (non-hydrogen) atoms. The third-order valence-corrected chi connectivity index (χ3v) is 3.22. The number of Topliss-reactive ketones (excluding diaryl/α,β-unsaturated/α-hetero) is 1. The van der Waals surface area contributed by atoms with Crippen LogP contribution in [0.25, 0.3) is 0 Å². The Labute approximate surface area is 103 Å². The fourth-order valence-electron chi connectivity index (χ4n) is 1.25. The van der Waals surface area contributed by atoms with Crippen molar-refractivity contribution in [3.05, 3.63) is 0 Å². The molecule has 0 heterocycles. The minimum Gasteiger partial charge on any atom is -0.299 e. The highest BCUT2D eigenvalue weighted by Crippen LogP contribution is 2.21. The standard InChI is InChI=1S/C7H12OS.CHF3O3S/c8-7-4-2-1-3-6(7)5-9;2-1(3,4)8(5,6)7/h6,9H,1-5H2;(H,5,6,7). The molecule has 1 aliphatic rings. The van der Waals surface area contributed by atoms with Crippen molar-refractivity contribution in [2.45, 2.75) is 31.2 Å². The number of rotatable bonds is 1. The summed E-state index contributed by atoms with van der Waals surface area (Å²) in [4.78, 5) is 11.0. The molecule has 1 unspecified atom stereocenters. The molecule has 0 spiro atoms. The van der Waals surface area contributed by atoms with Crippen molar-refractivity contribution in [1.82, 2.24) is 0 Å². The minimum atomic E-state index is -5.84. The Kier molecular flexibility index (Phi) is 6.49. The number of ketones is 1. The van der Waals surface area contributed by atoms with Gasteiger partial charge in [-0.15, -0.1) is 0 Å². The molecule has 1 N–H and O–H groups in total. The Morgan fingerprint density at radius 3 is 2.06 bits per heavy atom. The second kappa shape index (κ2) is 6.60. The Balaban J connectivity index is 0.000000304. The zero-order valence-electron chi connectivity index (χ0n) is 8.77. The van der Waals surface area contributed by atoms with Gasteiger partial charge in [-0.2, -0.15) is 34.2 Å². The number of carbonyl (C=O) groups is 1. The monoisotopic (exact) mass is 294 g/mol. The smallest absolute Gasteiger partial charge is 0.299 e. The van der Waals surface area contributed by atoms with Gasteiger partial charge in [0, 0.05) is 12.3 Å². The first-order valence-corrected chi connectivity index (χ1v) is 6.84. The fourth-order valence-corrected chi connectivity index (χ4v) is 1.63. The molecule has 0 aliphatic heterocycles. The molecule has 0 aromatic heterocycles. The topological polar surface area (TPSA) is 71.4 Å². The van der Waals surface area contributed by atoms with E-state index in [1.807, 2.05) is 0 Å². The molecule has 0 amide bonds. The summed E-state index contributed by atoms with van der Waals surface area (Å²) < 4.78 is 57.5. The van der Waals surface area contributed by atoms with Crippen LogP contribution >= 0.6 is 12.6 Å². The van der Waals surface area contributed by atoms with Crippen molar-refractivity contribution in [1.29, 1.82) is 0 Å². The van der Waals surface area contributed by atoms with Gasteiger partial charge in [0.05, 0.1) is 0 Å². The SMILES string of the molecule is O=C1CCCCC1CS.O=S(=O)(O)C(F)(F)F. The lowest BCUT2D eigenvalue weighted by Gasteiger charge is -2.17. The van der Waals surface area contributed by atoms with E-state index in [1.165, 1.54) is 6.42 Å². The number of thiol groups is 1. The normalized spacial score (nSPS) is 21.7. The summed E-state index contributed by atoms with van der Waals surface area (Å²) in [6.45, 7) is 0. The van der Waals surface area contributed by atoms with E-state index in [0.29, 0.717) is 5.78 Å². The van der Waals surface area contributed by atoms with Gasteiger partial charge in [0.25, 0.3) is 0 Å². The highest BCUT2D eigenvalue weighted by Gasteiger charge is 2.44. The van der Waals surface area contributed by atoms with E-state index in [0.717, 1.165) is 25.0 Å². The number of carbonyl (C=O) groups excluding carboxylic acids is 1. The van der Waals surface area contributed by atoms with Crippen LogP contribution in [0.15, 0.2) is 0 Å². The number of hydrogen-bond donors (Lipinski definition) is 2. The van der Waals surface area contributed by atoms with E-state index in [-0.39, 0.29) is 5.92 Å². The molecule has 0 aromatic rings. The van der Waals surface area contributed by atoms with Crippen molar-refractivity contribution >= 4 is 28.5 Å². The predicted octanol–water partition coefficient (Wildman–Crippen LogP) is 2.07. The average Bonchev–Trinajstić information content (AvgIpc) is 2.16. The third kappa shape index (κ3) is 6.27. The van der Waals surface area contributed by atoms with Crippen LogP contribution in [0.3, 0.4) is 0 Å². The summed E-state index contributed by atoms with van der Waals surface area (Å²) in [5.74, 6) is 1.46. The van der Waals surface area contributed by atoms with Gasteiger partial charge in [-0.25, -0.2) is 0 Å². The lowest BCUT2D eigenvalue weighted by molar-refractivity contribution is -0.123. The van der Waals surface area contributed by atoms with Crippen LogP contribution < -0.4 is 0 Å². The van der Waals surface area contributed by atoms with E-state index in [1.54, 1.807) is 0 Å². The molecule has 1 saturated carbocycles. The Hall–Kier alpha value is -0.280. The molecule has 0 saturated heterocycles. The van der Waals surface area contributed by atoms with Gasteiger partial charge < -0.3 is 0 Å². The van der Waals surface area contributed by atoms with Crippen molar-refractivity contribution in [3.63, 3.8) is 0 Å². The predicted molar refractivity (Wildman–Crippen MR) is 58.4 cm³/mol. The summed E-state index contributed by atoms with van der Waals surface area (Å²) in [5, 5.41) is 0. The summed E-state index contributed by atoms with van der Waals surface area (Å²) in [6, 6.07) is 0. The van der Waals surface area contributed by atoms with E-state index in [4.69, 9.17) is 13.0 Å². The molecule has 0 aromatic carbocycles. The lowest BCUT2D eigenvalue weighted by atomic mass is 9.89. The number of halogens is 3. The van der Waals surface area contributed by atoms with Crippen LogP contribution in [0.5, 0.6) is 0 Å². The average molecular weight is 294 g/mol. The van der Waals surface area contributed by atoms with Gasteiger partial charge in [0.2, 0.25) is 0 Å². The number of hydrogen-bond acceptors (Lipinski definition) is 4. The molecule has 0 radical (unpaired) electrons. The second-order valence-electron chi connectivity index (χ2n) is 3.51. The first-order valence-electron chi connectivity index (χ1n) is 4.77. The molecular weight excluding hydrogens is 281 g/mol. The molecule has 9 heteroatoms. The van der Waals surface area contributed by atoms with Gasteiger partial charge in [-0.05, 0) is 18.6 Å². The molecule has 1 atom stereocenters. The van der Waals surface area contributed by atoms with Gasteiger partial charge in [0.15, 0.2) is 0 Å². The fraction of sp³-hybridized carbons (Fsp3) is 0.875. The maximum atomic E-state index is 11.0. The third-order valence-electron chi connectivity index (χ3n) is 2.19. The van der Waals surface area contributed by atoms with Crippen LogP contribution in [0.1, 0.15) is 25.7 Å². The van der Waals surface area contributed by atoms with E-state index >= 15 is 0 Å². The van der Waals surface area contributed by atoms with E-state index in [2.05, 4.69) is 12.6 Å². The first kappa shape index (κ1) is 16.7. The minimum absolute atomic E-state index is 0.280. The molecule has 1 fully saturated rings. The zero-order valence-corrected chi connectivity index (χ0v) is 10.5. The molecular formula is C8H13F3O4S2. The van der Waals surface area contributed by atoms with Crippen LogP contribution in [-0.2, 0) is 14.9 Å². The Morgan fingerprint density at radius 2 is 1.82 bits per heavy atom. The van der Waals surface area contributed by atoms with Crippen LogP contribution in [0.2, 0.25) is 0 Å². The molecule has 0 bridgehead atoms. The van der Waals surface area contributed by atoms with E-state index < -0.39 is 15.6 Å². The van der Waals surface area contributed by atoms with Crippen molar-refractivity contribution < 1.29 is 30.9 Å². The van der Waals surface area contributed by atoms with Crippen molar-refractivity contribution in [2.75, 3.05) is 5.75 Å². The highest BCUT2D eigenvalue weighted by molar-refractivity contribution is 7.86. The van der Waals surface area contributed by atoms with Gasteiger partial charge in [-0.3, -0.25) is 9.35 Å². The molecule has 1 aliphatic carbocycles. The van der Waals surface area contributed by atoms with Crippen LogP contribution in [0.4, 0.5) is 13.2 Å². The lowest BCUT2D eigenvalue weighted by Crippen LogP contribution is -2.21. The summed E-state index contributed by atoms with van der Waals surface area (Å²) in [5.41, 5.74) is -5.53. The first-order chi connectivity index (χ1) is 7.59. The van der Waals surface area contributed by atoms with Gasteiger partial charge in [-0.1, -0.05) is 6.42 Å². The van der Waals surface area contributed by atoms with Crippen LogP contribution in [0, 0.1) is 5.92 Å². The van der Waals surface area contributed by atoms with E-state index in [9.17, 15) is 18.0 Å². The quantitative estimate of drug-likeness (QED) is 0.441. The molecule has 102 valence electrons. The van der Waals surface area contributed by atoms with Gasteiger partial charge >= 0.3 is 15.6 Å². The molecule has 1 rings (SSSR count). The van der Waals surface area contributed by atoms with Gasteiger partial charge in [0.1, 0.15) is 5.78 Å². The summed E-state index contributed by atoms with van der Waals surface area (Å²) in [6.07, 6.45) is 4.19. The second-order valence-corrected chi connectivity index (χ2v) is 5.29. The Bertz CT molecular complexity index is 350. The summed E-state index contributed by atoms with van der Waals surface area (Å²) in [7, 11) is -5.84. The zero-order chi connectivity index (χ0) is 13.7. The number of alkyl halides is 3. The maximum absolute atomic E-state index is 11.0. The van der Waals surface area contributed by atoms with Crippen molar-refractivity contribution in [2.24, 2.45) is 5.92 Å². The van der Waals surface area contributed by atoms with Crippen LogP contribution in [-0.4, -0.2) is 30.0 Å². The molecule has 4 nitrogen and oxygen atoms in total. The maximum Gasteiger partial charge on any atom is 0.522 e. The van der Waals surface area contributed by atoms with Crippen molar-refractivity contribution in [3.8, 4) is 0 Å². The largest absolute Gasteiger partial charge is 0.522 e. The highest BCUT2D eigenvalue weighted by atomic mass is 32.2. The summed E-state index contributed by atoms with van der Waals surface area (Å²) >= 11 is 4.10. The Morgan fingerprint density at radius 1 is 1.35 bits per heavy atom.